The van der Waals surface area contributed by atoms with Crippen LogP contribution in [-0.2, 0) is 14.6 Å². The molecule has 1 aliphatic heterocycles. The summed E-state index contributed by atoms with van der Waals surface area (Å²) in [6.07, 6.45) is 1.28. The number of hydrogen-bond acceptors (Lipinski definition) is 4. The quantitative estimate of drug-likeness (QED) is 0.867. The van der Waals surface area contributed by atoms with Crippen LogP contribution in [0.25, 0.3) is 0 Å². The van der Waals surface area contributed by atoms with E-state index in [-0.39, 0.29) is 35.9 Å². The zero-order valence-corrected chi connectivity index (χ0v) is 13.5. The topological polar surface area (TPSA) is 89.3 Å². The maximum Gasteiger partial charge on any atom is 0.241 e. The second-order valence-corrected chi connectivity index (χ2v) is 7.58. The number of carbonyl (C=O) groups is 1. The average molecular weight is 333 g/mol. The third-order valence-electron chi connectivity index (χ3n) is 3.53. The van der Waals surface area contributed by atoms with Crippen LogP contribution in [0.2, 0.25) is 0 Å². The van der Waals surface area contributed by atoms with Crippen molar-refractivity contribution < 1.29 is 13.2 Å². The molecular formula is C14H21ClN2O3S. The smallest absolute Gasteiger partial charge is 0.241 e. The molecule has 1 aromatic rings. The van der Waals surface area contributed by atoms with E-state index in [1.807, 2.05) is 31.2 Å². The van der Waals surface area contributed by atoms with Gasteiger partial charge in [0.1, 0.15) is 6.04 Å². The first-order valence-electron chi connectivity index (χ1n) is 6.70. The standard InChI is InChI=1S/C14H20N2O3S.ClH/c1-10-4-6-11(7-5-10)13(15)14(17)16-12-3-2-8-20(18,19)9-12;/h4-7,12-13H,2-3,8-9,15H2,1H3,(H,16,17);1H. The number of aryl methyl sites for hydroxylation is 1. The Labute approximate surface area is 131 Å². The first-order valence-corrected chi connectivity index (χ1v) is 8.52. The van der Waals surface area contributed by atoms with Crippen molar-refractivity contribution in [2.24, 2.45) is 5.73 Å². The molecule has 1 aromatic carbocycles. The van der Waals surface area contributed by atoms with E-state index in [9.17, 15) is 13.2 Å². The Kier molecular flexibility index (Phi) is 6.19. The van der Waals surface area contributed by atoms with Gasteiger partial charge in [-0.05, 0) is 25.3 Å². The normalized spacial score (nSPS) is 21.9. The molecule has 0 saturated carbocycles. The molecule has 21 heavy (non-hydrogen) atoms. The van der Waals surface area contributed by atoms with Crippen molar-refractivity contribution in [1.29, 1.82) is 0 Å². The lowest BCUT2D eigenvalue weighted by Gasteiger charge is -2.24. The second-order valence-electron chi connectivity index (χ2n) is 5.35. The van der Waals surface area contributed by atoms with Crippen LogP contribution in [0.1, 0.15) is 30.0 Å². The van der Waals surface area contributed by atoms with Gasteiger partial charge in [-0.2, -0.15) is 0 Å². The highest BCUT2D eigenvalue weighted by molar-refractivity contribution is 7.91. The highest BCUT2D eigenvalue weighted by atomic mass is 35.5. The van der Waals surface area contributed by atoms with Gasteiger partial charge in [0.2, 0.25) is 5.91 Å². The molecule has 0 aromatic heterocycles. The van der Waals surface area contributed by atoms with E-state index in [1.54, 1.807) is 0 Å². The minimum atomic E-state index is -3.03. The van der Waals surface area contributed by atoms with E-state index in [0.717, 1.165) is 11.1 Å². The third-order valence-corrected chi connectivity index (χ3v) is 5.35. The van der Waals surface area contributed by atoms with E-state index in [2.05, 4.69) is 5.32 Å². The van der Waals surface area contributed by atoms with Gasteiger partial charge in [0, 0.05) is 6.04 Å². The van der Waals surface area contributed by atoms with E-state index in [1.165, 1.54) is 0 Å². The van der Waals surface area contributed by atoms with Crippen LogP contribution in [0.3, 0.4) is 0 Å². The fourth-order valence-corrected chi connectivity index (χ4v) is 3.99. The molecule has 1 fully saturated rings. The Hall–Kier alpha value is -1.11. The molecule has 1 amide bonds. The Morgan fingerprint density at radius 2 is 1.95 bits per heavy atom. The van der Waals surface area contributed by atoms with Gasteiger partial charge in [-0.25, -0.2) is 8.42 Å². The zero-order chi connectivity index (χ0) is 14.8. The van der Waals surface area contributed by atoms with Crippen molar-refractivity contribution in [1.82, 2.24) is 5.32 Å². The van der Waals surface area contributed by atoms with Crippen molar-refractivity contribution in [3.05, 3.63) is 35.4 Å². The molecule has 2 rings (SSSR count). The van der Waals surface area contributed by atoms with E-state index in [0.29, 0.717) is 12.8 Å². The summed E-state index contributed by atoms with van der Waals surface area (Å²) >= 11 is 0. The Bertz CT molecular complexity index is 587. The van der Waals surface area contributed by atoms with E-state index in [4.69, 9.17) is 5.73 Å². The molecule has 0 radical (unpaired) electrons. The Morgan fingerprint density at radius 3 is 2.52 bits per heavy atom. The van der Waals surface area contributed by atoms with Gasteiger partial charge in [-0.3, -0.25) is 4.79 Å². The first kappa shape index (κ1) is 17.9. The molecule has 1 saturated heterocycles. The van der Waals surface area contributed by atoms with Crippen LogP contribution >= 0.6 is 12.4 Å². The van der Waals surface area contributed by atoms with Gasteiger partial charge in [0.15, 0.2) is 9.84 Å². The number of carbonyl (C=O) groups excluding carboxylic acids is 1. The lowest BCUT2D eigenvalue weighted by molar-refractivity contribution is -0.123. The number of benzene rings is 1. The zero-order valence-electron chi connectivity index (χ0n) is 11.9. The summed E-state index contributed by atoms with van der Waals surface area (Å²) in [4.78, 5) is 12.1. The fourth-order valence-electron chi connectivity index (χ4n) is 2.35. The number of halogens is 1. The molecule has 0 spiro atoms. The van der Waals surface area contributed by atoms with Gasteiger partial charge >= 0.3 is 0 Å². The molecule has 2 atom stereocenters. The summed E-state index contributed by atoms with van der Waals surface area (Å²) in [5.74, 6) is -0.0982. The van der Waals surface area contributed by atoms with Crippen LogP contribution < -0.4 is 11.1 Å². The molecule has 0 bridgehead atoms. The minimum absolute atomic E-state index is 0. The monoisotopic (exact) mass is 332 g/mol. The van der Waals surface area contributed by atoms with Crippen molar-refractivity contribution in [3.63, 3.8) is 0 Å². The van der Waals surface area contributed by atoms with Crippen LogP contribution in [0.4, 0.5) is 0 Å². The van der Waals surface area contributed by atoms with Crippen molar-refractivity contribution in [3.8, 4) is 0 Å². The Balaban J connectivity index is 0.00000220. The lowest BCUT2D eigenvalue weighted by Crippen LogP contribution is -2.46. The van der Waals surface area contributed by atoms with Crippen LogP contribution in [-0.4, -0.2) is 31.9 Å². The summed E-state index contributed by atoms with van der Waals surface area (Å²) in [5.41, 5.74) is 7.74. The van der Waals surface area contributed by atoms with Gasteiger partial charge in [-0.15, -0.1) is 12.4 Å². The third kappa shape index (κ3) is 4.98. The van der Waals surface area contributed by atoms with Crippen LogP contribution in [0.15, 0.2) is 24.3 Å². The molecular weight excluding hydrogens is 312 g/mol. The van der Waals surface area contributed by atoms with Crippen molar-refractivity contribution in [2.75, 3.05) is 11.5 Å². The summed E-state index contributed by atoms with van der Waals surface area (Å²) in [7, 11) is -3.03. The molecule has 3 N–H and O–H groups in total. The Morgan fingerprint density at radius 1 is 1.33 bits per heavy atom. The molecule has 5 nitrogen and oxygen atoms in total. The highest BCUT2D eigenvalue weighted by Crippen LogP contribution is 2.15. The van der Waals surface area contributed by atoms with Gasteiger partial charge in [0.05, 0.1) is 11.5 Å². The second kappa shape index (κ2) is 7.24. The minimum Gasteiger partial charge on any atom is -0.351 e. The van der Waals surface area contributed by atoms with E-state index >= 15 is 0 Å². The molecule has 0 aliphatic carbocycles. The van der Waals surface area contributed by atoms with Gasteiger partial charge in [-0.1, -0.05) is 29.8 Å². The molecule has 2 unspecified atom stereocenters. The van der Waals surface area contributed by atoms with E-state index < -0.39 is 15.9 Å². The fraction of sp³-hybridized carbons (Fsp3) is 0.500. The first-order chi connectivity index (χ1) is 9.37. The van der Waals surface area contributed by atoms with Crippen molar-refractivity contribution in [2.45, 2.75) is 31.8 Å². The molecule has 118 valence electrons. The number of hydrogen-bond donors (Lipinski definition) is 2. The molecule has 7 heteroatoms. The summed E-state index contributed by atoms with van der Waals surface area (Å²) in [5, 5.41) is 2.74. The van der Waals surface area contributed by atoms with Gasteiger partial charge in [0.25, 0.3) is 0 Å². The summed E-state index contributed by atoms with van der Waals surface area (Å²) in [6, 6.07) is 6.34. The number of rotatable bonds is 3. The number of nitrogens with one attached hydrogen (secondary N) is 1. The average Bonchev–Trinajstić information content (AvgIpc) is 2.37. The lowest BCUT2D eigenvalue weighted by atomic mass is 10.0. The number of amides is 1. The summed E-state index contributed by atoms with van der Waals surface area (Å²) in [6.45, 7) is 1.96. The number of nitrogens with two attached hydrogens (primary N) is 1. The maximum absolute atomic E-state index is 12.1. The molecule has 1 aliphatic rings. The van der Waals surface area contributed by atoms with Crippen molar-refractivity contribution >= 4 is 28.2 Å². The SMILES string of the molecule is Cc1ccc(C(N)C(=O)NC2CCCS(=O)(=O)C2)cc1.Cl. The van der Waals surface area contributed by atoms with Gasteiger partial charge < -0.3 is 11.1 Å². The van der Waals surface area contributed by atoms with Crippen LogP contribution in [0, 0.1) is 6.92 Å². The largest absolute Gasteiger partial charge is 0.351 e. The summed E-state index contributed by atoms with van der Waals surface area (Å²) < 4.78 is 23.1. The number of sulfone groups is 1. The maximum atomic E-state index is 12.1. The highest BCUT2D eigenvalue weighted by Gasteiger charge is 2.27. The predicted molar refractivity (Wildman–Crippen MR) is 85.2 cm³/mol. The van der Waals surface area contributed by atoms with Crippen LogP contribution in [0.5, 0.6) is 0 Å². The molecule has 1 heterocycles. The predicted octanol–water partition coefficient (Wildman–Crippen LogP) is 1.11.